The van der Waals surface area contributed by atoms with Crippen molar-refractivity contribution in [3.05, 3.63) is 34.9 Å². The van der Waals surface area contributed by atoms with Crippen LogP contribution in [0.2, 0.25) is 0 Å². The minimum Gasteiger partial charge on any atom is -0.390 e. The van der Waals surface area contributed by atoms with E-state index in [1.54, 1.807) is 0 Å². The van der Waals surface area contributed by atoms with Gasteiger partial charge in [-0.1, -0.05) is 44.5 Å². The summed E-state index contributed by atoms with van der Waals surface area (Å²) < 4.78 is 0. The molecule has 0 spiro atoms. The van der Waals surface area contributed by atoms with E-state index in [2.05, 4.69) is 45.9 Å². The summed E-state index contributed by atoms with van der Waals surface area (Å²) in [5.41, 5.74) is 3.86. The summed E-state index contributed by atoms with van der Waals surface area (Å²) in [5, 5.41) is 20.7. The smallest absolute Gasteiger partial charge is 0.0853 e. The van der Waals surface area contributed by atoms with Crippen molar-refractivity contribution >= 4 is 0 Å². The Balaban J connectivity index is 2.13. The maximum Gasteiger partial charge on any atom is 0.0853 e. The Morgan fingerprint density at radius 1 is 1.15 bits per heavy atom. The highest BCUT2D eigenvalue weighted by atomic mass is 16.3. The average Bonchev–Trinajstić information content (AvgIpc) is 2.35. The molecule has 1 aromatic carbocycles. The SMILES string of the molecule is Cc1ccc2c(c1)CC[C@@H]1C(C)(C)[C@H](O)[C@H](O)C[C@@]21C. The molecule has 0 bridgehead atoms. The molecule has 1 fully saturated rings. The molecule has 0 heterocycles. The van der Waals surface area contributed by atoms with E-state index in [-0.39, 0.29) is 10.8 Å². The van der Waals surface area contributed by atoms with Gasteiger partial charge in [0.2, 0.25) is 0 Å². The first-order chi connectivity index (χ1) is 9.26. The second-order valence-electron chi connectivity index (χ2n) is 7.71. The number of benzene rings is 1. The predicted molar refractivity (Wildman–Crippen MR) is 80.8 cm³/mol. The number of hydrogen-bond donors (Lipinski definition) is 2. The molecule has 0 aromatic heterocycles. The molecule has 20 heavy (non-hydrogen) atoms. The summed E-state index contributed by atoms with van der Waals surface area (Å²) in [7, 11) is 0. The second-order valence-corrected chi connectivity index (χ2v) is 7.71. The summed E-state index contributed by atoms with van der Waals surface area (Å²) in [6, 6.07) is 6.72. The van der Waals surface area contributed by atoms with Crippen molar-refractivity contribution in [3.8, 4) is 0 Å². The van der Waals surface area contributed by atoms with Crippen LogP contribution in [0.15, 0.2) is 18.2 Å². The standard InChI is InChI=1S/C18H26O2/c1-11-5-7-13-12(9-11)6-8-15-17(2,3)16(20)14(19)10-18(13,15)4/h5,7,9,14-16,19-20H,6,8,10H2,1-4H3/t14-,15-,16-,18+/m1/s1. The van der Waals surface area contributed by atoms with Gasteiger partial charge in [-0.3, -0.25) is 0 Å². The van der Waals surface area contributed by atoms with Crippen molar-refractivity contribution in [1.29, 1.82) is 0 Å². The summed E-state index contributed by atoms with van der Waals surface area (Å²) in [6.07, 6.45) is 1.61. The van der Waals surface area contributed by atoms with Crippen molar-refractivity contribution in [2.24, 2.45) is 11.3 Å². The number of hydrogen-bond acceptors (Lipinski definition) is 2. The average molecular weight is 274 g/mol. The molecule has 2 nitrogen and oxygen atoms in total. The molecule has 0 radical (unpaired) electrons. The van der Waals surface area contributed by atoms with Crippen LogP contribution in [0.4, 0.5) is 0 Å². The molecular formula is C18H26O2. The van der Waals surface area contributed by atoms with E-state index in [1.807, 2.05) is 0 Å². The van der Waals surface area contributed by atoms with Gasteiger partial charge in [-0.2, -0.15) is 0 Å². The summed E-state index contributed by atoms with van der Waals surface area (Å²) in [6.45, 7) is 8.64. The Kier molecular flexibility index (Phi) is 3.04. The Bertz CT molecular complexity index is 534. The lowest BCUT2D eigenvalue weighted by Gasteiger charge is -2.57. The zero-order valence-corrected chi connectivity index (χ0v) is 13.0. The van der Waals surface area contributed by atoms with Gasteiger partial charge in [0.15, 0.2) is 0 Å². The van der Waals surface area contributed by atoms with E-state index in [4.69, 9.17) is 0 Å². The second kappa shape index (κ2) is 4.32. The molecule has 0 aliphatic heterocycles. The number of aliphatic hydroxyl groups excluding tert-OH is 2. The van der Waals surface area contributed by atoms with E-state index in [0.717, 1.165) is 12.8 Å². The topological polar surface area (TPSA) is 40.5 Å². The highest BCUT2D eigenvalue weighted by Gasteiger charge is 2.56. The van der Waals surface area contributed by atoms with Crippen molar-refractivity contribution in [1.82, 2.24) is 0 Å². The molecule has 2 aliphatic rings. The van der Waals surface area contributed by atoms with Gasteiger partial charge in [-0.25, -0.2) is 0 Å². The number of rotatable bonds is 0. The van der Waals surface area contributed by atoms with Crippen LogP contribution in [0.3, 0.4) is 0 Å². The molecule has 2 aliphatic carbocycles. The predicted octanol–water partition coefficient (Wildman–Crippen LogP) is 2.97. The lowest BCUT2D eigenvalue weighted by atomic mass is 9.49. The summed E-state index contributed by atoms with van der Waals surface area (Å²) in [4.78, 5) is 0. The third-order valence-electron chi connectivity index (χ3n) is 6.01. The van der Waals surface area contributed by atoms with Crippen LogP contribution in [0, 0.1) is 18.3 Å². The van der Waals surface area contributed by atoms with Gasteiger partial charge in [0.1, 0.15) is 0 Å². The van der Waals surface area contributed by atoms with E-state index >= 15 is 0 Å². The zero-order chi connectivity index (χ0) is 14.7. The van der Waals surface area contributed by atoms with Crippen LogP contribution in [-0.2, 0) is 11.8 Å². The van der Waals surface area contributed by atoms with Crippen molar-refractivity contribution in [2.45, 2.75) is 64.6 Å². The van der Waals surface area contributed by atoms with Gasteiger partial charge in [-0.05, 0) is 54.1 Å². The Labute approximate surface area is 121 Å². The maximum atomic E-state index is 10.4. The number of aliphatic hydroxyl groups is 2. The first-order valence-electron chi connectivity index (χ1n) is 7.73. The van der Waals surface area contributed by atoms with Crippen LogP contribution in [-0.4, -0.2) is 22.4 Å². The molecule has 0 saturated heterocycles. The highest BCUT2D eigenvalue weighted by Crippen LogP contribution is 2.57. The molecule has 3 rings (SSSR count). The van der Waals surface area contributed by atoms with Crippen LogP contribution >= 0.6 is 0 Å². The fraction of sp³-hybridized carbons (Fsp3) is 0.667. The van der Waals surface area contributed by atoms with Gasteiger partial charge in [-0.15, -0.1) is 0 Å². The fourth-order valence-electron chi connectivity index (χ4n) is 4.99. The number of aryl methyl sites for hydroxylation is 2. The van der Waals surface area contributed by atoms with Gasteiger partial charge >= 0.3 is 0 Å². The zero-order valence-electron chi connectivity index (χ0n) is 13.0. The molecule has 0 unspecified atom stereocenters. The fourth-order valence-corrected chi connectivity index (χ4v) is 4.99. The largest absolute Gasteiger partial charge is 0.390 e. The third-order valence-corrected chi connectivity index (χ3v) is 6.01. The monoisotopic (exact) mass is 274 g/mol. The minimum absolute atomic E-state index is 0.0244. The van der Waals surface area contributed by atoms with E-state index in [1.165, 1.54) is 16.7 Å². The molecular weight excluding hydrogens is 248 g/mol. The molecule has 4 atom stereocenters. The molecule has 1 aromatic rings. The van der Waals surface area contributed by atoms with Gasteiger partial charge in [0.25, 0.3) is 0 Å². The Morgan fingerprint density at radius 3 is 2.55 bits per heavy atom. The molecule has 2 heteroatoms. The Hall–Kier alpha value is -0.860. The summed E-state index contributed by atoms with van der Waals surface area (Å²) in [5.74, 6) is 0.420. The van der Waals surface area contributed by atoms with Crippen molar-refractivity contribution in [3.63, 3.8) is 0 Å². The van der Waals surface area contributed by atoms with Crippen molar-refractivity contribution < 1.29 is 10.2 Å². The molecule has 1 saturated carbocycles. The maximum absolute atomic E-state index is 10.4. The highest BCUT2D eigenvalue weighted by molar-refractivity contribution is 5.41. The van der Waals surface area contributed by atoms with E-state index in [0.29, 0.717) is 12.3 Å². The van der Waals surface area contributed by atoms with Crippen LogP contribution in [0.25, 0.3) is 0 Å². The quantitative estimate of drug-likeness (QED) is 0.763. The first-order valence-corrected chi connectivity index (χ1v) is 7.73. The normalized spacial score (nSPS) is 39.0. The molecule has 0 amide bonds. The molecule has 2 N–H and O–H groups in total. The van der Waals surface area contributed by atoms with Gasteiger partial charge in [0, 0.05) is 0 Å². The first kappa shape index (κ1) is 14.1. The van der Waals surface area contributed by atoms with Crippen LogP contribution in [0.5, 0.6) is 0 Å². The van der Waals surface area contributed by atoms with Gasteiger partial charge in [0.05, 0.1) is 12.2 Å². The van der Waals surface area contributed by atoms with E-state index in [9.17, 15) is 10.2 Å². The number of fused-ring (bicyclic) bond motifs is 3. The van der Waals surface area contributed by atoms with Crippen molar-refractivity contribution in [2.75, 3.05) is 0 Å². The lowest BCUT2D eigenvalue weighted by Crippen LogP contribution is -2.59. The van der Waals surface area contributed by atoms with E-state index < -0.39 is 12.2 Å². The van der Waals surface area contributed by atoms with Gasteiger partial charge < -0.3 is 10.2 Å². The Morgan fingerprint density at radius 2 is 1.85 bits per heavy atom. The van der Waals surface area contributed by atoms with Crippen LogP contribution in [0.1, 0.15) is 50.3 Å². The lowest BCUT2D eigenvalue weighted by molar-refractivity contribution is -0.142. The minimum atomic E-state index is -0.626. The van der Waals surface area contributed by atoms with Crippen LogP contribution < -0.4 is 0 Å². The molecule has 110 valence electrons. The third kappa shape index (κ3) is 1.78. The summed E-state index contributed by atoms with van der Waals surface area (Å²) >= 11 is 0.